The first-order chi connectivity index (χ1) is 7.64. The van der Waals surface area contributed by atoms with Gasteiger partial charge in [0.25, 0.3) is 7.52 Å². The Hall–Kier alpha value is 0.0700. The van der Waals surface area contributed by atoms with Crippen molar-refractivity contribution in [1.82, 2.24) is 5.09 Å². The molecule has 0 spiro atoms. The van der Waals surface area contributed by atoms with E-state index < -0.39 is 7.52 Å². The zero-order chi connectivity index (χ0) is 11.9. The first-order valence-electron chi connectivity index (χ1n) is 4.91. The molecule has 0 amide bonds. The standard InChI is InChI=1S/C10H16NO2PS2/c1-14(12,13-7-8-16-15)11-9-10-5-3-2-4-6-10/h2-6,15H,7-9H2,1H3,(H,11,12). The van der Waals surface area contributed by atoms with E-state index in [1.165, 1.54) is 10.8 Å². The topological polar surface area (TPSA) is 38.3 Å². The molecule has 1 atom stereocenters. The van der Waals surface area contributed by atoms with Crippen molar-refractivity contribution >= 4 is 30.0 Å². The minimum absolute atomic E-state index is 0.448. The highest BCUT2D eigenvalue weighted by Gasteiger charge is 2.14. The van der Waals surface area contributed by atoms with Crippen molar-refractivity contribution in [3.8, 4) is 0 Å². The van der Waals surface area contributed by atoms with Crippen LogP contribution in [0.3, 0.4) is 0 Å². The van der Waals surface area contributed by atoms with Crippen LogP contribution >= 0.6 is 30.0 Å². The summed E-state index contributed by atoms with van der Waals surface area (Å²) < 4.78 is 17.2. The third-order valence-electron chi connectivity index (χ3n) is 1.93. The highest BCUT2D eigenvalue weighted by Crippen LogP contribution is 2.37. The smallest absolute Gasteiger partial charge is 0.267 e. The Balaban J connectivity index is 2.33. The molecule has 0 bridgehead atoms. The summed E-state index contributed by atoms with van der Waals surface area (Å²) in [5, 5.41) is 2.93. The molecule has 3 nitrogen and oxygen atoms in total. The van der Waals surface area contributed by atoms with Gasteiger partial charge in [-0.2, -0.15) is 0 Å². The summed E-state index contributed by atoms with van der Waals surface area (Å²) in [6, 6.07) is 9.83. The number of benzene rings is 1. The van der Waals surface area contributed by atoms with Crippen LogP contribution in [-0.4, -0.2) is 19.0 Å². The van der Waals surface area contributed by atoms with Crippen LogP contribution in [0.2, 0.25) is 0 Å². The Morgan fingerprint density at radius 1 is 1.44 bits per heavy atom. The van der Waals surface area contributed by atoms with Gasteiger partial charge in [0, 0.05) is 19.0 Å². The Morgan fingerprint density at radius 3 is 2.75 bits per heavy atom. The first-order valence-corrected chi connectivity index (χ1v) is 9.02. The van der Waals surface area contributed by atoms with Gasteiger partial charge >= 0.3 is 0 Å². The average molecular weight is 277 g/mol. The van der Waals surface area contributed by atoms with Crippen molar-refractivity contribution in [2.45, 2.75) is 6.54 Å². The van der Waals surface area contributed by atoms with Crippen LogP contribution in [-0.2, 0) is 15.6 Å². The quantitative estimate of drug-likeness (QED) is 0.347. The molecule has 0 aliphatic heterocycles. The number of rotatable bonds is 7. The lowest BCUT2D eigenvalue weighted by atomic mass is 10.2. The monoisotopic (exact) mass is 277 g/mol. The summed E-state index contributed by atoms with van der Waals surface area (Å²) >= 11 is 3.99. The molecule has 16 heavy (non-hydrogen) atoms. The molecule has 0 aliphatic rings. The van der Waals surface area contributed by atoms with Crippen LogP contribution in [0.5, 0.6) is 0 Å². The average Bonchev–Trinajstić information content (AvgIpc) is 2.28. The van der Waals surface area contributed by atoms with Crippen LogP contribution in [0.4, 0.5) is 0 Å². The predicted molar refractivity (Wildman–Crippen MR) is 74.2 cm³/mol. The lowest BCUT2D eigenvalue weighted by Gasteiger charge is -2.14. The highest BCUT2D eigenvalue weighted by molar-refractivity contribution is 8.68. The van der Waals surface area contributed by atoms with E-state index in [-0.39, 0.29) is 0 Å². The van der Waals surface area contributed by atoms with Gasteiger partial charge in [0.05, 0.1) is 6.61 Å². The van der Waals surface area contributed by atoms with E-state index in [4.69, 9.17) is 4.52 Å². The summed E-state index contributed by atoms with van der Waals surface area (Å²) in [6.07, 6.45) is 0. The summed E-state index contributed by atoms with van der Waals surface area (Å²) in [6.45, 7) is 2.60. The van der Waals surface area contributed by atoms with Crippen molar-refractivity contribution in [1.29, 1.82) is 0 Å². The molecule has 0 saturated carbocycles. The fourth-order valence-corrected chi connectivity index (χ4v) is 2.63. The van der Waals surface area contributed by atoms with Gasteiger partial charge in [0.15, 0.2) is 0 Å². The van der Waals surface area contributed by atoms with Gasteiger partial charge in [0.2, 0.25) is 0 Å². The predicted octanol–water partition coefficient (Wildman–Crippen LogP) is 3.19. The number of nitrogens with one attached hydrogen (secondary N) is 1. The van der Waals surface area contributed by atoms with E-state index in [0.29, 0.717) is 13.2 Å². The van der Waals surface area contributed by atoms with Gasteiger partial charge in [-0.25, -0.2) is 5.09 Å². The first kappa shape index (κ1) is 14.1. The fraction of sp³-hybridized carbons (Fsp3) is 0.400. The van der Waals surface area contributed by atoms with Gasteiger partial charge in [0.1, 0.15) is 0 Å². The maximum absolute atomic E-state index is 11.9. The van der Waals surface area contributed by atoms with Crippen LogP contribution in [0, 0.1) is 0 Å². The molecule has 1 unspecified atom stereocenters. The van der Waals surface area contributed by atoms with Crippen LogP contribution in [0.15, 0.2) is 30.3 Å². The van der Waals surface area contributed by atoms with Crippen molar-refractivity contribution in [3.05, 3.63) is 35.9 Å². The van der Waals surface area contributed by atoms with Crippen LogP contribution < -0.4 is 5.09 Å². The third kappa shape index (κ3) is 5.97. The van der Waals surface area contributed by atoms with E-state index >= 15 is 0 Å². The van der Waals surface area contributed by atoms with Crippen molar-refractivity contribution in [3.63, 3.8) is 0 Å². The number of thiol groups is 1. The van der Waals surface area contributed by atoms with Gasteiger partial charge in [-0.1, -0.05) is 41.1 Å². The molecule has 1 aromatic rings. The molecule has 0 heterocycles. The molecular weight excluding hydrogens is 261 g/mol. The minimum Gasteiger partial charge on any atom is -0.317 e. The SMILES string of the molecule is CP(=O)(NCc1ccccc1)OCCSS. The fourth-order valence-electron chi connectivity index (χ4n) is 1.13. The largest absolute Gasteiger partial charge is 0.317 e. The highest BCUT2D eigenvalue weighted by atomic mass is 33.1. The Kier molecular flexibility index (Phi) is 6.54. The van der Waals surface area contributed by atoms with Gasteiger partial charge < -0.3 is 4.52 Å². The maximum atomic E-state index is 11.9. The van der Waals surface area contributed by atoms with E-state index in [9.17, 15) is 4.57 Å². The molecule has 0 fully saturated rings. The van der Waals surface area contributed by atoms with Crippen molar-refractivity contribution in [2.75, 3.05) is 19.0 Å². The second-order valence-corrected chi connectivity index (χ2v) is 7.04. The lowest BCUT2D eigenvalue weighted by Crippen LogP contribution is -2.12. The van der Waals surface area contributed by atoms with Crippen molar-refractivity contribution in [2.24, 2.45) is 0 Å². The second-order valence-electron chi connectivity index (χ2n) is 3.33. The zero-order valence-corrected chi connectivity index (χ0v) is 11.7. The number of hydrogen-bond acceptors (Lipinski definition) is 4. The zero-order valence-electron chi connectivity index (χ0n) is 9.13. The van der Waals surface area contributed by atoms with Crippen LogP contribution in [0.1, 0.15) is 5.56 Å². The van der Waals surface area contributed by atoms with E-state index in [1.54, 1.807) is 6.66 Å². The molecule has 0 aromatic heterocycles. The molecular formula is C10H16NO2PS2. The molecule has 0 aliphatic carbocycles. The van der Waals surface area contributed by atoms with E-state index in [1.807, 2.05) is 30.3 Å². The van der Waals surface area contributed by atoms with E-state index in [2.05, 4.69) is 16.7 Å². The summed E-state index contributed by atoms with van der Waals surface area (Å²) in [7, 11) is -1.31. The molecule has 90 valence electrons. The normalized spacial score (nSPS) is 14.6. The van der Waals surface area contributed by atoms with Gasteiger partial charge in [-0.05, 0) is 5.56 Å². The Labute approximate surface area is 106 Å². The molecule has 1 aromatic carbocycles. The third-order valence-corrected chi connectivity index (χ3v) is 4.23. The Morgan fingerprint density at radius 2 is 2.12 bits per heavy atom. The molecule has 6 heteroatoms. The summed E-state index contributed by atoms with van der Waals surface area (Å²) in [5.41, 5.74) is 1.09. The summed E-state index contributed by atoms with van der Waals surface area (Å²) in [4.78, 5) is 0. The lowest BCUT2D eigenvalue weighted by molar-refractivity contribution is 0.332. The van der Waals surface area contributed by atoms with E-state index in [0.717, 1.165) is 11.3 Å². The Bertz CT molecular complexity index is 348. The molecule has 1 rings (SSSR count). The summed E-state index contributed by atoms with van der Waals surface area (Å²) in [5.74, 6) is 0.730. The molecule has 0 radical (unpaired) electrons. The minimum atomic E-state index is -2.68. The van der Waals surface area contributed by atoms with Crippen LogP contribution in [0.25, 0.3) is 0 Å². The number of hydrogen-bond donors (Lipinski definition) is 2. The second kappa shape index (κ2) is 7.41. The molecule has 0 saturated heterocycles. The maximum Gasteiger partial charge on any atom is 0.267 e. The molecule has 1 N–H and O–H groups in total. The van der Waals surface area contributed by atoms with Gasteiger partial charge in [-0.15, -0.1) is 11.7 Å². The van der Waals surface area contributed by atoms with Gasteiger partial charge in [-0.3, -0.25) is 4.57 Å². The van der Waals surface area contributed by atoms with Crippen molar-refractivity contribution < 1.29 is 9.09 Å².